The minimum absolute atomic E-state index is 0.0715. The Bertz CT molecular complexity index is 647. The highest BCUT2D eigenvalue weighted by atomic mass is 16.5. The maximum absolute atomic E-state index is 12.9. The Morgan fingerprint density at radius 1 is 0.966 bits per heavy atom. The van der Waals surface area contributed by atoms with Crippen molar-refractivity contribution in [1.29, 1.82) is 0 Å². The molecule has 0 saturated carbocycles. The molecule has 0 unspecified atom stereocenters. The molecule has 162 valence electrons. The van der Waals surface area contributed by atoms with Crippen LogP contribution in [-0.4, -0.2) is 30.9 Å². The van der Waals surface area contributed by atoms with Crippen LogP contribution in [0.4, 0.5) is 4.79 Å². The first-order chi connectivity index (χ1) is 13.7. The summed E-state index contributed by atoms with van der Waals surface area (Å²) >= 11 is 0. The molecule has 0 saturated heterocycles. The number of carbonyl (C=O) groups is 3. The maximum atomic E-state index is 12.9. The zero-order chi connectivity index (χ0) is 21.8. The maximum Gasteiger partial charge on any atom is 0.408 e. The normalized spacial score (nSPS) is 13.1. The topological polar surface area (TPSA) is 96.5 Å². The van der Waals surface area contributed by atoms with Crippen LogP contribution < -0.4 is 16.2 Å². The van der Waals surface area contributed by atoms with E-state index in [2.05, 4.69) is 16.2 Å². The average Bonchev–Trinajstić information content (AvgIpc) is 2.65. The molecule has 0 fully saturated rings. The molecule has 0 bridgehead atoms. The summed E-state index contributed by atoms with van der Waals surface area (Å²) in [6.07, 6.45) is 0.517. The van der Waals surface area contributed by atoms with Crippen molar-refractivity contribution in [1.82, 2.24) is 16.2 Å². The highest BCUT2D eigenvalue weighted by Crippen LogP contribution is 2.19. The van der Waals surface area contributed by atoms with E-state index in [1.165, 1.54) is 0 Å². The van der Waals surface area contributed by atoms with E-state index in [0.717, 1.165) is 5.56 Å². The molecule has 0 aliphatic carbocycles. The van der Waals surface area contributed by atoms with E-state index in [9.17, 15) is 14.4 Å². The second-order valence-corrected chi connectivity index (χ2v) is 8.12. The van der Waals surface area contributed by atoms with E-state index in [0.29, 0.717) is 12.8 Å². The van der Waals surface area contributed by atoms with Crippen molar-refractivity contribution in [2.75, 3.05) is 7.05 Å². The number of amides is 2. The van der Waals surface area contributed by atoms with Crippen LogP contribution in [-0.2, 0) is 20.9 Å². The van der Waals surface area contributed by atoms with Gasteiger partial charge in [-0.3, -0.25) is 15.0 Å². The van der Waals surface area contributed by atoms with Crippen LogP contribution in [0.2, 0.25) is 0 Å². The Balaban J connectivity index is 2.74. The molecule has 1 rings (SSSR count). The van der Waals surface area contributed by atoms with Crippen molar-refractivity contribution in [3.8, 4) is 0 Å². The third kappa shape index (κ3) is 10.1. The first-order valence-electron chi connectivity index (χ1n) is 10.2. The SMILES string of the molecule is CNNC(=O)[C@@H](CC(=O)[C@H](CC(C)C)NC(=O)OCc1ccccc1)CC(C)C. The van der Waals surface area contributed by atoms with Gasteiger partial charge in [0.05, 0.1) is 6.04 Å². The summed E-state index contributed by atoms with van der Waals surface area (Å²) in [5, 5.41) is 2.69. The first-order valence-corrected chi connectivity index (χ1v) is 10.2. The monoisotopic (exact) mass is 405 g/mol. The van der Waals surface area contributed by atoms with Crippen LogP contribution in [0.3, 0.4) is 0 Å². The van der Waals surface area contributed by atoms with Crippen LogP contribution in [0.25, 0.3) is 0 Å². The summed E-state index contributed by atoms with van der Waals surface area (Å²) in [6, 6.07) is 8.66. The van der Waals surface area contributed by atoms with E-state index in [4.69, 9.17) is 4.74 Å². The largest absolute Gasteiger partial charge is 0.445 e. The van der Waals surface area contributed by atoms with Gasteiger partial charge in [0.1, 0.15) is 6.61 Å². The van der Waals surface area contributed by atoms with Crippen molar-refractivity contribution in [3.05, 3.63) is 35.9 Å². The molecule has 29 heavy (non-hydrogen) atoms. The number of hydrazine groups is 1. The molecular weight excluding hydrogens is 370 g/mol. The van der Waals surface area contributed by atoms with Gasteiger partial charge < -0.3 is 10.1 Å². The van der Waals surface area contributed by atoms with E-state index < -0.39 is 18.1 Å². The average molecular weight is 406 g/mol. The number of Topliss-reactive ketones (excluding diaryl/α,β-unsaturated/α-hetero) is 1. The molecule has 7 heteroatoms. The molecule has 7 nitrogen and oxygen atoms in total. The third-order valence-electron chi connectivity index (χ3n) is 4.42. The Morgan fingerprint density at radius 3 is 2.14 bits per heavy atom. The molecule has 2 atom stereocenters. The number of rotatable bonds is 12. The second-order valence-electron chi connectivity index (χ2n) is 8.12. The molecule has 0 aliphatic rings. The van der Waals surface area contributed by atoms with Crippen LogP contribution in [0, 0.1) is 17.8 Å². The number of nitrogens with one attached hydrogen (secondary N) is 3. The molecule has 0 aromatic heterocycles. The summed E-state index contributed by atoms with van der Waals surface area (Å²) in [4.78, 5) is 37.5. The zero-order valence-electron chi connectivity index (χ0n) is 18.2. The number of hydrogen-bond donors (Lipinski definition) is 3. The molecule has 1 aromatic carbocycles. The van der Waals surface area contributed by atoms with Gasteiger partial charge in [0, 0.05) is 19.4 Å². The fourth-order valence-corrected chi connectivity index (χ4v) is 3.11. The fraction of sp³-hybridized carbons (Fsp3) is 0.591. The number of carbonyl (C=O) groups excluding carboxylic acids is 3. The third-order valence-corrected chi connectivity index (χ3v) is 4.42. The zero-order valence-corrected chi connectivity index (χ0v) is 18.2. The van der Waals surface area contributed by atoms with Crippen molar-refractivity contribution < 1.29 is 19.1 Å². The van der Waals surface area contributed by atoms with Gasteiger partial charge in [0.15, 0.2) is 5.78 Å². The summed E-state index contributed by atoms with van der Waals surface area (Å²) in [6.45, 7) is 8.12. The van der Waals surface area contributed by atoms with E-state index in [1.807, 2.05) is 58.0 Å². The predicted molar refractivity (Wildman–Crippen MR) is 113 cm³/mol. The molecule has 0 heterocycles. The van der Waals surface area contributed by atoms with E-state index in [1.54, 1.807) is 7.05 Å². The lowest BCUT2D eigenvalue weighted by Crippen LogP contribution is -2.45. The van der Waals surface area contributed by atoms with Gasteiger partial charge in [-0.05, 0) is 30.2 Å². The van der Waals surface area contributed by atoms with Gasteiger partial charge in [-0.15, -0.1) is 0 Å². The summed E-state index contributed by atoms with van der Waals surface area (Å²) < 4.78 is 5.25. The molecule has 1 aromatic rings. The van der Waals surface area contributed by atoms with Crippen molar-refractivity contribution in [2.24, 2.45) is 17.8 Å². The second kappa shape index (κ2) is 12.9. The summed E-state index contributed by atoms with van der Waals surface area (Å²) in [5.74, 6) is -0.362. The molecular formula is C22H35N3O4. The highest BCUT2D eigenvalue weighted by molar-refractivity contribution is 5.91. The van der Waals surface area contributed by atoms with Gasteiger partial charge in [-0.2, -0.15) is 0 Å². The van der Waals surface area contributed by atoms with E-state index >= 15 is 0 Å². The number of hydrogen-bond acceptors (Lipinski definition) is 5. The van der Waals surface area contributed by atoms with Gasteiger partial charge >= 0.3 is 6.09 Å². The standard InChI is InChI=1S/C22H35N3O4/c1-15(2)11-18(21(27)25-23-5)13-20(26)19(12-16(3)4)24-22(28)29-14-17-9-7-6-8-10-17/h6-10,15-16,18-19,23H,11-14H2,1-5H3,(H,24,28)(H,25,27)/t18-,19+/m1/s1. The lowest BCUT2D eigenvalue weighted by molar-refractivity contribution is -0.131. The van der Waals surface area contributed by atoms with Crippen LogP contribution in [0.15, 0.2) is 30.3 Å². The minimum Gasteiger partial charge on any atom is -0.445 e. The Hall–Kier alpha value is -2.41. The highest BCUT2D eigenvalue weighted by Gasteiger charge is 2.28. The smallest absolute Gasteiger partial charge is 0.408 e. The van der Waals surface area contributed by atoms with Crippen LogP contribution in [0.5, 0.6) is 0 Å². The molecule has 3 N–H and O–H groups in total. The molecule has 0 spiro atoms. The first kappa shape index (κ1) is 24.6. The number of benzene rings is 1. The number of ketones is 1. The molecule has 0 aliphatic heterocycles. The molecule has 2 amide bonds. The predicted octanol–water partition coefficient (Wildman–Crippen LogP) is 3.20. The number of alkyl carbamates (subject to hydrolysis) is 1. The Kier molecular flexibility index (Phi) is 11.0. The summed E-state index contributed by atoms with van der Waals surface area (Å²) in [7, 11) is 1.61. The Morgan fingerprint density at radius 2 is 1.59 bits per heavy atom. The lowest BCUT2D eigenvalue weighted by Gasteiger charge is -2.23. The quantitative estimate of drug-likeness (QED) is 0.464. The van der Waals surface area contributed by atoms with Gasteiger partial charge in [-0.1, -0.05) is 58.0 Å². The van der Waals surface area contributed by atoms with Crippen molar-refractivity contribution in [2.45, 2.75) is 59.6 Å². The van der Waals surface area contributed by atoms with Crippen LogP contribution in [0.1, 0.15) is 52.5 Å². The molecule has 0 radical (unpaired) electrons. The fourth-order valence-electron chi connectivity index (χ4n) is 3.11. The van der Waals surface area contributed by atoms with E-state index in [-0.39, 0.29) is 36.6 Å². The van der Waals surface area contributed by atoms with Gasteiger partial charge in [0.25, 0.3) is 0 Å². The lowest BCUT2D eigenvalue weighted by atomic mass is 9.88. The van der Waals surface area contributed by atoms with Crippen LogP contribution >= 0.6 is 0 Å². The van der Waals surface area contributed by atoms with Gasteiger partial charge in [-0.25, -0.2) is 10.2 Å². The van der Waals surface area contributed by atoms with Gasteiger partial charge in [0.2, 0.25) is 5.91 Å². The van der Waals surface area contributed by atoms with Crippen molar-refractivity contribution >= 4 is 17.8 Å². The van der Waals surface area contributed by atoms with Crippen molar-refractivity contribution in [3.63, 3.8) is 0 Å². The minimum atomic E-state index is -0.685. The summed E-state index contributed by atoms with van der Waals surface area (Å²) in [5.41, 5.74) is 6.05. The number of ether oxygens (including phenoxy) is 1. The Labute approximate surface area is 173 Å².